The average Bonchev–Trinajstić information content (AvgIpc) is 1.79. The van der Waals surface area contributed by atoms with Crippen molar-refractivity contribution in [1.82, 2.24) is 15.5 Å². The second-order valence-corrected chi connectivity index (χ2v) is 2.90. The van der Waals surface area contributed by atoms with Gasteiger partial charge in [-0.15, -0.1) is 12.4 Å². The van der Waals surface area contributed by atoms with Gasteiger partial charge in [0.25, 0.3) is 0 Å². The van der Waals surface area contributed by atoms with Gasteiger partial charge in [0, 0.05) is 32.2 Å². The van der Waals surface area contributed by atoms with E-state index in [-0.39, 0.29) is 12.4 Å². The first kappa shape index (κ1) is 11.2. The molecular formula is C7H18ClN3. The lowest BCUT2D eigenvalue weighted by molar-refractivity contribution is 0.182. The number of hydrogen-bond donors (Lipinski definition) is 2. The van der Waals surface area contributed by atoms with E-state index in [0.29, 0.717) is 0 Å². The zero-order chi connectivity index (χ0) is 7.40. The summed E-state index contributed by atoms with van der Waals surface area (Å²) in [4.78, 5) is 2.40. The van der Waals surface area contributed by atoms with E-state index in [4.69, 9.17) is 0 Å². The first-order chi connectivity index (χ1) is 4.84. The highest BCUT2D eigenvalue weighted by molar-refractivity contribution is 5.85. The second kappa shape index (κ2) is 5.77. The van der Waals surface area contributed by atoms with Crippen molar-refractivity contribution in [3.63, 3.8) is 0 Å². The molecule has 0 aromatic heterocycles. The number of rotatable bonds is 4. The maximum Gasteiger partial charge on any atom is 0.0342 e. The molecule has 11 heavy (non-hydrogen) atoms. The van der Waals surface area contributed by atoms with Crippen LogP contribution >= 0.6 is 12.4 Å². The van der Waals surface area contributed by atoms with Crippen LogP contribution in [-0.2, 0) is 0 Å². The van der Waals surface area contributed by atoms with Gasteiger partial charge in [-0.2, -0.15) is 0 Å². The Kier molecular flexibility index (Phi) is 5.86. The molecule has 3 nitrogen and oxygen atoms in total. The molecule has 4 heteroatoms. The van der Waals surface area contributed by atoms with E-state index < -0.39 is 0 Å². The Morgan fingerprint density at radius 2 is 2.18 bits per heavy atom. The van der Waals surface area contributed by atoms with Crippen LogP contribution in [0.4, 0.5) is 0 Å². The maximum atomic E-state index is 3.26. The van der Waals surface area contributed by atoms with Crippen molar-refractivity contribution in [3.8, 4) is 0 Å². The molecule has 2 N–H and O–H groups in total. The third-order valence-corrected chi connectivity index (χ3v) is 2.10. The Morgan fingerprint density at radius 1 is 1.55 bits per heavy atom. The third kappa shape index (κ3) is 3.38. The fraction of sp³-hybridized carbons (Fsp3) is 1.00. The molecule has 0 saturated carbocycles. The van der Waals surface area contributed by atoms with Crippen LogP contribution < -0.4 is 10.6 Å². The van der Waals surface area contributed by atoms with Gasteiger partial charge in [0.2, 0.25) is 0 Å². The Labute approximate surface area is 74.9 Å². The Morgan fingerprint density at radius 3 is 2.55 bits per heavy atom. The molecule has 0 atom stereocenters. The average molecular weight is 180 g/mol. The van der Waals surface area contributed by atoms with Crippen LogP contribution in [0.2, 0.25) is 0 Å². The molecular weight excluding hydrogens is 162 g/mol. The fourth-order valence-electron chi connectivity index (χ4n) is 1.06. The molecule has 0 radical (unpaired) electrons. The van der Waals surface area contributed by atoms with E-state index in [1.54, 1.807) is 0 Å². The number of likely N-dealkylation sites (N-methyl/N-ethyl adjacent to an activating group) is 2. The van der Waals surface area contributed by atoms with E-state index in [1.165, 1.54) is 13.1 Å². The molecule has 1 heterocycles. The molecule has 0 unspecified atom stereocenters. The highest BCUT2D eigenvalue weighted by Crippen LogP contribution is 1.99. The first-order valence-corrected chi connectivity index (χ1v) is 3.90. The normalized spacial score (nSPS) is 17.7. The summed E-state index contributed by atoms with van der Waals surface area (Å²) >= 11 is 0. The van der Waals surface area contributed by atoms with Crippen LogP contribution in [0.5, 0.6) is 0 Å². The lowest BCUT2D eigenvalue weighted by Gasteiger charge is -2.35. The molecule has 0 spiro atoms. The summed E-state index contributed by atoms with van der Waals surface area (Å²) in [5, 5.41) is 6.40. The minimum atomic E-state index is 0. The Hall–Kier alpha value is 0.170. The van der Waals surface area contributed by atoms with Crippen LogP contribution in [0.25, 0.3) is 0 Å². The van der Waals surface area contributed by atoms with Gasteiger partial charge in [0.05, 0.1) is 0 Å². The van der Waals surface area contributed by atoms with E-state index in [0.717, 1.165) is 19.1 Å². The zero-order valence-electron chi connectivity index (χ0n) is 7.26. The van der Waals surface area contributed by atoms with Crippen LogP contribution in [0.3, 0.4) is 0 Å². The van der Waals surface area contributed by atoms with Crippen molar-refractivity contribution < 1.29 is 0 Å². The molecule has 0 aromatic rings. The SMILES string of the molecule is CNCCN(C)C1CNC1.Cl. The number of nitrogens with zero attached hydrogens (tertiary/aromatic N) is 1. The van der Waals surface area contributed by atoms with Crippen molar-refractivity contribution in [2.24, 2.45) is 0 Å². The van der Waals surface area contributed by atoms with Crippen molar-refractivity contribution in [2.45, 2.75) is 6.04 Å². The number of halogens is 1. The predicted octanol–water partition coefficient (Wildman–Crippen LogP) is -0.469. The van der Waals surface area contributed by atoms with Crippen LogP contribution in [0.15, 0.2) is 0 Å². The van der Waals surface area contributed by atoms with Crippen molar-refractivity contribution in [2.75, 3.05) is 40.3 Å². The third-order valence-electron chi connectivity index (χ3n) is 2.10. The molecule has 0 aromatic carbocycles. The molecule has 1 aliphatic heterocycles. The smallest absolute Gasteiger partial charge is 0.0342 e. The van der Waals surface area contributed by atoms with Crippen molar-refractivity contribution in [1.29, 1.82) is 0 Å². The first-order valence-electron chi connectivity index (χ1n) is 3.90. The number of hydrogen-bond acceptors (Lipinski definition) is 3. The molecule has 1 fully saturated rings. The summed E-state index contributed by atoms with van der Waals surface area (Å²) in [7, 11) is 4.18. The van der Waals surface area contributed by atoms with Crippen LogP contribution in [0.1, 0.15) is 0 Å². The largest absolute Gasteiger partial charge is 0.318 e. The summed E-state index contributed by atoms with van der Waals surface area (Å²) < 4.78 is 0. The summed E-state index contributed by atoms with van der Waals surface area (Å²) in [6.45, 7) is 4.58. The summed E-state index contributed by atoms with van der Waals surface area (Å²) in [6, 6.07) is 0.786. The minimum Gasteiger partial charge on any atom is -0.318 e. The van der Waals surface area contributed by atoms with Gasteiger partial charge in [0.15, 0.2) is 0 Å². The molecule has 0 amide bonds. The second-order valence-electron chi connectivity index (χ2n) is 2.90. The summed E-state index contributed by atoms with van der Waals surface area (Å²) in [5.41, 5.74) is 0. The summed E-state index contributed by atoms with van der Waals surface area (Å²) in [5.74, 6) is 0. The highest BCUT2D eigenvalue weighted by atomic mass is 35.5. The van der Waals surface area contributed by atoms with Crippen molar-refractivity contribution >= 4 is 12.4 Å². The van der Waals surface area contributed by atoms with Gasteiger partial charge in [-0.3, -0.25) is 4.90 Å². The zero-order valence-corrected chi connectivity index (χ0v) is 8.08. The van der Waals surface area contributed by atoms with Crippen LogP contribution in [-0.4, -0.2) is 51.2 Å². The van der Waals surface area contributed by atoms with Gasteiger partial charge in [0.1, 0.15) is 0 Å². The van der Waals surface area contributed by atoms with Crippen LogP contribution in [0, 0.1) is 0 Å². The Balaban J connectivity index is 0.000001000. The fourth-order valence-corrected chi connectivity index (χ4v) is 1.06. The lowest BCUT2D eigenvalue weighted by Crippen LogP contribution is -2.56. The molecule has 0 aliphatic carbocycles. The van der Waals surface area contributed by atoms with Gasteiger partial charge in [-0.1, -0.05) is 0 Å². The minimum absolute atomic E-state index is 0. The standard InChI is InChI=1S/C7H17N3.ClH/c1-8-3-4-10(2)7-5-9-6-7;/h7-9H,3-6H2,1-2H3;1H. The predicted molar refractivity (Wildman–Crippen MR) is 50.5 cm³/mol. The van der Waals surface area contributed by atoms with Crippen molar-refractivity contribution in [3.05, 3.63) is 0 Å². The molecule has 0 bridgehead atoms. The van der Waals surface area contributed by atoms with E-state index in [2.05, 4.69) is 22.6 Å². The van der Waals surface area contributed by atoms with E-state index in [1.807, 2.05) is 7.05 Å². The van der Waals surface area contributed by atoms with Gasteiger partial charge in [-0.05, 0) is 14.1 Å². The highest BCUT2D eigenvalue weighted by Gasteiger charge is 2.20. The lowest BCUT2D eigenvalue weighted by atomic mass is 10.1. The topological polar surface area (TPSA) is 27.3 Å². The summed E-state index contributed by atoms with van der Waals surface area (Å²) in [6.07, 6.45) is 0. The quantitative estimate of drug-likeness (QED) is 0.612. The monoisotopic (exact) mass is 179 g/mol. The van der Waals surface area contributed by atoms with E-state index in [9.17, 15) is 0 Å². The molecule has 1 saturated heterocycles. The molecule has 68 valence electrons. The molecule has 1 rings (SSSR count). The number of nitrogens with one attached hydrogen (secondary N) is 2. The Bertz CT molecular complexity index is 95.7. The molecule has 1 aliphatic rings. The van der Waals surface area contributed by atoms with Gasteiger partial charge < -0.3 is 10.6 Å². The van der Waals surface area contributed by atoms with Gasteiger partial charge in [-0.25, -0.2) is 0 Å². The van der Waals surface area contributed by atoms with Gasteiger partial charge >= 0.3 is 0 Å². The van der Waals surface area contributed by atoms with E-state index >= 15 is 0 Å². The maximum absolute atomic E-state index is 3.26.